The minimum absolute atomic E-state index is 0.315. The third kappa shape index (κ3) is 5.23. The van der Waals surface area contributed by atoms with Gasteiger partial charge in [-0.3, -0.25) is 4.90 Å². The van der Waals surface area contributed by atoms with Crippen molar-refractivity contribution in [2.75, 3.05) is 20.2 Å². The molecule has 1 fully saturated rings. The average molecular weight is 502 g/mol. The number of benzene rings is 2. The molecule has 1 aliphatic carbocycles. The molecule has 35 heavy (non-hydrogen) atoms. The maximum absolute atomic E-state index is 12.8. The van der Waals surface area contributed by atoms with E-state index in [1.54, 1.807) is 11.3 Å². The number of methoxy groups -OCH3 is 1. The number of fused-ring (bicyclic) bond motifs is 1. The molecule has 0 unspecified atom stereocenters. The highest BCUT2D eigenvalue weighted by atomic mass is 32.1. The maximum Gasteiger partial charge on any atom is 0.416 e. The summed E-state index contributed by atoms with van der Waals surface area (Å²) >= 11 is 1.62. The largest absolute Gasteiger partial charge is 0.476 e. The van der Waals surface area contributed by atoms with Crippen molar-refractivity contribution in [2.24, 2.45) is 0 Å². The molecule has 1 aliphatic heterocycles. The molecule has 5 rings (SSSR count). The van der Waals surface area contributed by atoms with Gasteiger partial charge in [0.1, 0.15) is 5.75 Å². The van der Waals surface area contributed by atoms with Crippen LogP contribution in [0.15, 0.2) is 54.6 Å². The van der Waals surface area contributed by atoms with E-state index in [2.05, 4.69) is 23.1 Å². The van der Waals surface area contributed by atoms with E-state index in [1.807, 2.05) is 12.1 Å². The summed E-state index contributed by atoms with van der Waals surface area (Å²) in [6.45, 7) is 2.62. The molecule has 0 spiro atoms. The van der Waals surface area contributed by atoms with Crippen molar-refractivity contribution < 1.29 is 27.4 Å². The first kappa shape index (κ1) is 23.9. The molecule has 4 nitrogen and oxygen atoms in total. The van der Waals surface area contributed by atoms with Crippen molar-refractivity contribution in [3.63, 3.8) is 0 Å². The Bertz CT molecular complexity index is 1220. The smallest absolute Gasteiger partial charge is 0.416 e. The first-order chi connectivity index (χ1) is 16.8. The number of nitrogens with zero attached hydrogens (tertiary/aromatic N) is 1. The summed E-state index contributed by atoms with van der Waals surface area (Å²) < 4.78 is 49.4. The van der Waals surface area contributed by atoms with Crippen LogP contribution in [0.1, 0.15) is 34.4 Å². The molecule has 0 atom stereocenters. The van der Waals surface area contributed by atoms with Crippen molar-refractivity contribution in [2.45, 2.75) is 44.0 Å². The minimum Gasteiger partial charge on any atom is -0.476 e. The van der Waals surface area contributed by atoms with Crippen molar-refractivity contribution in [1.29, 1.82) is 0 Å². The number of carbonyl (C=O) groups excluding carboxylic acids is 1. The predicted molar refractivity (Wildman–Crippen MR) is 128 cm³/mol. The highest BCUT2D eigenvalue weighted by Crippen LogP contribution is 2.42. The summed E-state index contributed by atoms with van der Waals surface area (Å²) in [5.74, 6) is 0.393. The van der Waals surface area contributed by atoms with E-state index < -0.39 is 17.3 Å². The molecule has 1 saturated carbocycles. The lowest BCUT2D eigenvalue weighted by Crippen LogP contribution is -2.30. The number of halogens is 3. The van der Waals surface area contributed by atoms with Crippen LogP contribution in [-0.2, 0) is 35.1 Å². The van der Waals surface area contributed by atoms with Crippen molar-refractivity contribution in [3.05, 3.63) is 76.2 Å². The Morgan fingerprint density at radius 2 is 1.71 bits per heavy atom. The van der Waals surface area contributed by atoms with Gasteiger partial charge in [-0.25, -0.2) is 4.79 Å². The zero-order chi connectivity index (χ0) is 24.6. The fourth-order valence-electron chi connectivity index (χ4n) is 4.50. The summed E-state index contributed by atoms with van der Waals surface area (Å²) in [5, 5.41) is 0. The molecule has 8 heteroatoms. The van der Waals surface area contributed by atoms with E-state index in [0.29, 0.717) is 18.6 Å². The molecule has 1 aromatic heterocycles. The zero-order valence-corrected chi connectivity index (χ0v) is 20.2. The van der Waals surface area contributed by atoms with Crippen LogP contribution in [0.25, 0.3) is 10.4 Å². The number of alkyl halides is 3. The third-order valence-electron chi connectivity index (χ3n) is 6.69. The van der Waals surface area contributed by atoms with Crippen LogP contribution in [0.4, 0.5) is 13.2 Å². The summed E-state index contributed by atoms with van der Waals surface area (Å²) in [6, 6.07) is 15.5. The first-order valence-corrected chi connectivity index (χ1v) is 12.5. The predicted octanol–water partition coefficient (Wildman–Crippen LogP) is 6.12. The molecular formula is C27H26F3NO3S. The number of ether oxygens (including phenoxy) is 2. The molecular weight excluding hydrogens is 475 g/mol. The Hall–Kier alpha value is -2.84. The Balaban J connectivity index is 1.21. The number of hydrogen-bond acceptors (Lipinski definition) is 5. The highest BCUT2D eigenvalue weighted by molar-refractivity contribution is 7.15. The van der Waals surface area contributed by atoms with Crippen molar-refractivity contribution in [1.82, 2.24) is 4.90 Å². The van der Waals surface area contributed by atoms with Crippen LogP contribution < -0.4 is 4.74 Å². The van der Waals surface area contributed by atoms with E-state index >= 15 is 0 Å². The van der Waals surface area contributed by atoms with Gasteiger partial charge in [0.15, 0.2) is 0 Å². The molecule has 2 aromatic carbocycles. The molecule has 0 N–H and O–H groups in total. The van der Waals surface area contributed by atoms with E-state index in [9.17, 15) is 18.0 Å². The lowest BCUT2D eigenvalue weighted by Gasteiger charge is -2.18. The van der Waals surface area contributed by atoms with E-state index in [-0.39, 0.29) is 5.97 Å². The number of esters is 1. The fraction of sp³-hybridized carbons (Fsp3) is 0.370. The van der Waals surface area contributed by atoms with Gasteiger partial charge >= 0.3 is 12.1 Å². The lowest BCUT2D eigenvalue weighted by atomic mass is 10.0. The fourth-order valence-corrected chi connectivity index (χ4v) is 5.56. The lowest BCUT2D eigenvalue weighted by molar-refractivity contribution is -0.151. The van der Waals surface area contributed by atoms with Gasteiger partial charge in [-0.2, -0.15) is 13.2 Å². The SMILES string of the molecule is COC(=O)C1(Oc2ccc3c(c2)CCN(Cc2ccc(-c4ccc(C(F)(F)F)cc4)s2)CC3)CC1. The van der Waals surface area contributed by atoms with E-state index in [4.69, 9.17) is 9.47 Å². The van der Waals surface area contributed by atoms with Gasteiger partial charge in [-0.05, 0) is 65.9 Å². The maximum atomic E-state index is 12.8. The molecule has 0 bridgehead atoms. The monoisotopic (exact) mass is 501 g/mol. The summed E-state index contributed by atoms with van der Waals surface area (Å²) in [5.41, 5.74) is 1.88. The molecule has 2 heterocycles. The number of thiophene rings is 1. The Kier molecular flexibility index (Phi) is 6.36. The first-order valence-electron chi connectivity index (χ1n) is 11.6. The van der Waals surface area contributed by atoms with Crippen LogP contribution in [-0.4, -0.2) is 36.7 Å². The van der Waals surface area contributed by atoms with Gasteiger partial charge in [0.2, 0.25) is 5.60 Å². The standard InChI is InChI=1S/C27H26F3NO3S/c1-33-25(32)26(12-13-26)34-22-7-4-18-10-14-31(15-11-20(18)16-22)17-23-8-9-24(35-23)19-2-5-21(6-3-19)27(28,29)30/h2-9,16H,10-15,17H2,1H3. The number of carbonyl (C=O) groups is 1. The van der Waals surface area contributed by atoms with Gasteiger partial charge < -0.3 is 9.47 Å². The number of rotatable bonds is 6. The topological polar surface area (TPSA) is 38.8 Å². The van der Waals surface area contributed by atoms with Crippen molar-refractivity contribution in [3.8, 4) is 16.2 Å². The normalized spacial score (nSPS) is 17.4. The van der Waals surface area contributed by atoms with Crippen LogP contribution in [0, 0.1) is 0 Å². The summed E-state index contributed by atoms with van der Waals surface area (Å²) in [6.07, 6.45) is -1.15. The molecule has 0 amide bonds. The third-order valence-corrected chi connectivity index (χ3v) is 7.80. The van der Waals surface area contributed by atoms with Crippen LogP contribution in [0.3, 0.4) is 0 Å². The van der Waals surface area contributed by atoms with Crippen molar-refractivity contribution >= 4 is 17.3 Å². The van der Waals surface area contributed by atoms with Gasteiger partial charge in [0, 0.05) is 42.2 Å². The molecule has 0 saturated heterocycles. The molecule has 2 aliphatic rings. The summed E-state index contributed by atoms with van der Waals surface area (Å²) in [4.78, 5) is 16.6. The van der Waals surface area contributed by atoms with Crippen LogP contribution in [0.5, 0.6) is 5.75 Å². The Labute approximate surface area is 206 Å². The zero-order valence-electron chi connectivity index (χ0n) is 19.4. The number of hydrogen-bond donors (Lipinski definition) is 0. The minimum atomic E-state index is -4.32. The molecule has 184 valence electrons. The van der Waals surface area contributed by atoms with Gasteiger partial charge in [-0.15, -0.1) is 11.3 Å². The Morgan fingerprint density at radius 3 is 2.37 bits per heavy atom. The quantitative estimate of drug-likeness (QED) is 0.382. The highest BCUT2D eigenvalue weighted by Gasteiger charge is 2.54. The average Bonchev–Trinajstić information content (AvgIpc) is 3.53. The summed E-state index contributed by atoms with van der Waals surface area (Å²) in [7, 11) is 1.39. The van der Waals surface area contributed by atoms with Gasteiger partial charge in [0.05, 0.1) is 12.7 Å². The van der Waals surface area contributed by atoms with E-state index in [0.717, 1.165) is 55.0 Å². The second-order valence-corrected chi connectivity index (χ2v) is 10.3. The van der Waals surface area contributed by atoms with Gasteiger partial charge in [0.25, 0.3) is 0 Å². The van der Waals surface area contributed by atoms with E-state index in [1.165, 1.54) is 35.2 Å². The second kappa shape index (κ2) is 9.32. The van der Waals surface area contributed by atoms with Crippen LogP contribution >= 0.6 is 11.3 Å². The second-order valence-electron chi connectivity index (χ2n) is 9.14. The molecule has 0 radical (unpaired) electrons. The van der Waals surface area contributed by atoms with Gasteiger partial charge in [-0.1, -0.05) is 18.2 Å². The Morgan fingerprint density at radius 1 is 1.00 bits per heavy atom. The van der Waals surface area contributed by atoms with Crippen LogP contribution in [0.2, 0.25) is 0 Å². The molecule has 3 aromatic rings.